The first-order chi connectivity index (χ1) is 18.0. The molecule has 13 heteroatoms. The molecule has 0 aliphatic carbocycles. The van der Waals surface area contributed by atoms with Crippen LogP contribution in [0.5, 0.6) is 0 Å². The maximum Gasteiger partial charge on any atom is 0.437 e. The fraction of sp³-hybridized carbons (Fsp3) is 0.480. The number of nitrogens with zero attached hydrogens (tertiary/aromatic N) is 4. The quantitative estimate of drug-likeness (QED) is 0.398. The number of rotatable bonds is 7. The first-order valence-electron chi connectivity index (χ1n) is 12.0. The van der Waals surface area contributed by atoms with Gasteiger partial charge in [0.25, 0.3) is 5.92 Å². The normalized spacial score (nSPS) is 20.7. The summed E-state index contributed by atoms with van der Waals surface area (Å²) in [5.41, 5.74) is -2.04. The van der Waals surface area contributed by atoms with E-state index < -0.39 is 47.3 Å². The Balaban J connectivity index is 1.55. The molecule has 2 unspecified atom stereocenters. The van der Waals surface area contributed by atoms with E-state index in [4.69, 9.17) is 4.74 Å². The third-order valence-corrected chi connectivity index (χ3v) is 6.98. The van der Waals surface area contributed by atoms with Crippen molar-refractivity contribution in [1.82, 2.24) is 15.2 Å². The molecule has 4 heterocycles. The van der Waals surface area contributed by atoms with Crippen molar-refractivity contribution in [3.63, 3.8) is 0 Å². The SMILES string of the molecule is COCC(F)(F)c1cccc([C@@H](C)Nc2nnc(C(F)(F)F)c3ncc(N4C5CCC4COC5)cc23)c1F. The molecule has 3 aromatic rings. The summed E-state index contributed by atoms with van der Waals surface area (Å²) in [6, 6.07) is 4.30. The third kappa shape index (κ3) is 4.73. The second-order valence-corrected chi connectivity index (χ2v) is 9.53. The van der Waals surface area contributed by atoms with Crippen LogP contribution in [-0.4, -0.2) is 54.2 Å². The molecule has 3 atom stereocenters. The zero-order valence-electron chi connectivity index (χ0n) is 20.5. The van der Waals surface area contributed by atoms with E-state index in [9.17, 15) is 22.0 Å². The van der Waals surface area contributed by atoms with Crippen LogP contribution in [0.1, 0.15) is 42.6 Å². The molecule has 1 aromatic carbocycles. The zero-order valence-corrected chi connectivity index (χ0v) is 20.5. The van der Waals surface area contributed by atoms with E-state index in [2.05, 4.69) is 30.1 Å². The molecule has 2 bridgehead atoms. The van der Waals surface area contributed by atoms with Crippen molar-refractivity contribution in [3.05, 3.63) is 53.1 Å². The fourth-order valence-electron chi connectivity index (χ4n) is 5.22. The lowest BCUT2D eigenvalue weighted by molar-refractivity contribution is -0.140. The van der Waals surface area contributed by atoms with E-state index in [1.807, 2.05) is 0 Å². The van der Waals surface area contributed by atoms with Crippen LogP contribution in [0.25, 0.3) is 10.9 Å². The van der Waals surface area contributed by atoms with Crippen LogP contribution in [0.2, 0.25) is 0 Å². The van der Waals surface area contributed by atoms with E-state index in [0.29, 0.717) is 18.9 Å². The number of hydrogen-bond donors (Lipinski definition) is 1. The van der Waals surface area contributed by atoms with Gasteiger partial charge in [-0.05, 0) is 31.9 Å². The molecule has 0 radical (unpaired) electrons. The molecule has 0 saturated carbocycles. The molecule has 2 aliphatic rings. The van der Waals surface area contributed by atoms with E-state index in [1.165, 1.54) is 25.3 Å². The number of ether oxygens (including phenoxy) is 2. The molecule has 204 valence electrons. The third-order valence-electron chi connectivity index (χ3n) is 6.98. The minimum absolute atomic E-state index is 0.0313. The van der Waals surface area contributed by atoms with Crippen molar-refractivity contribution < 1.29 is 35.8 Å². The molecule has 7 nitrogen and oxygen atoms in total. The second kappa shape index (κ2) is 9.84. The predicted octanol–water partition coefficient (Wildman–Crippen LogP) is 5.46. The van der Waals surface area contributed by atoms with Crippen LogP contribution in [0.15, 0.2) is 30.5 Å². The van der Waals surface area contributed by atoms with Gasteiger partial charge >= 0.3 is 6.18 Å². The van der Waals surface area contributed by atoms with Crippen molar-refractivity contribution in [2.75, 3.05) is 37.1 Å². The number of morpholine rings is 1. The van der Waals surface area contributed by atoms with E-state index in [1.54, 1.807) is 6.07 Å². The highest BCUT2D eigenvalue weighted by Crippen LogP contribution is 2.40. The molecule has 0 spiro atoms. The summed E-state index contributed by atoms with van der Waals surface area (Å²) in [6.45, 7) is 1.48. The Morgan fingerprint density at radius 2 is 1.84 bits per heavy atom. The highest BCUT2D eigenvalue weighted by molar-refractivity contribution is 5.93. The van der Waals surface area contributed by atoms with Crippen LogP contribution in [0.4, 0.5) is 37.8 Å². The topological polar surface area (TPSA) is 72.4 Å². The largest absolute Gasteiger partial charge is 0.437 e. The number of pyridine rings is 1. The number of aromatic nitrogens is 3. The van der Waals surface area contributed by atoms with Crippen molar-refractivity contribution in [2.24, 2.45) is 0 Å². The summed E-state index contributed by atoms with van der Waals surface area (Å²) >= 11 is 0. The number of halogens is 6. The number of fused-ring (bicyclic) bond motifs is 3. The average molecular weight is 541 g/mol. The standard InChI is InChI=1S/C25H25F6N5O2/c1-13(17-4-3-5-19(20(17)26)24(27,28)12-37-2)33-23-18-8-16(36-14-6-7-15(36)11-38-10-14)9-32-21(18)22(34-35-23)25(29,30)31/h3-5,8-9,13-15H,6-7,10-12H2,1-2H3,(H,33,35)/t13-,14?,15?/m1/s1. The van der Waals surface area contributed by atoms with Crippen LogP contribution in [0.3, 0.4) is 0 Å². The minimum Gasteiger partial charge on any atom is -0.378 e. The number of hydrogen-bond acceptors (Lipinski definition) is 7. The Morgan fingerprint density at radius 1 is 1.13 bits per heavy atom. The summed E-state index contributed by atoms with van der Waals surface area (Å²) < 4.78 is 95.3. The van der Waals surface area contributed by atoms with Gasteiger partial charge in [-0.2, -0.15) is 22.0 Å². The van der Waals surface area contributed by atoms with E-state index in [-0.39, 0.29) is 28.9 Å². The van der Waals surface area contributed by atoms with Crippen LogP contribution in [-0.2, 0) is 21.6 Å². The molecule has 2 aliphatic heterocycles. The zero-order chi connectivity index (χ0) is 27.2. The van der Waals surface area contributed by atoms with Crippen LogP contribution in [0, 0.1) is 5.82 Å². The Labute approximate surface area is 214 Å². The summed E-state index contributed by atoms with van der Waals surface area (Å²) in [7, 11) is 1.08. The maximum absolute atomic E-state index is 15.2. The highest BCUT2D eigenvalue weighted by Gasteiger charge is 2.40. The van der Waals surface area contributed by atoms with Gasteiger partial charge in [0.2, 0.25) is 0 Å². The molecule has 2 fully saturated rings. The van der Waals surface area contributed by atoms with Crippen molar-refractivity contribution in [3.8, 4) is 0 Å². The van der Waals surface area contributed by atoms with Gasteiger partial charge in [-0.25, -0.2) is 4.39 Å². The summed E-state index contributed by atoms with van der Waals surface area (Å²) in [5, 5.41) is 9.99. The van der Waals surface area contributed by atoms with Crippen molar-refractivity contribution >= 4 is 22.4 Å². The summed E-state index contributed by atoms with van der Waals surface area (Å²) in [6.07, 6.45) is -1.66. The number of nitrogens with one attached hydrogen (secondary N) is 1. The number of alkyl halides is 5. The number of methoxy groups -OCH3 is 1. The molecule has 38 heavy (non-hydrogen) atoms. The Hall–Kier alpha value is -3.19. The average Bonchev–Trinajstić information content (AvgIpc) is 3.11. The smallest absolute Gasteiger partial charge is 0.378 e. The predicted molar refractivity (Wildman–Crippen MR) is 127 cm³/mol. The first kappa shape index (κ1) is 26.4. The Bertz CT molecular complexity index is 1320. The number of benzene rings is 1. The highest BCUT2D eigenvalue weighted by atomic mass is 19.4. The maximum atomic E-state index is 15.2. The van der Waals surface area contributed by atoms with Gasteiger partial charge in [-0.15, -0.1) is 10.2 Å². The lowest BCUT2D eigenvalue weighted by Crippen LogP contribution is -2.46. The molecule has 0 amide bonds. The monoisotopic (exact) mass is 541 g/mol. The van der Waals surface area contributed by atoms with Crippen LogP contribution >= 0.6 is 0 Å². The van der Waals surface area contributed by atoms with Gasteiger partial charge in [0.05, 0.1) is 48.8 Å². The van der Waals surface area contributed by atoms with Crippen molar-refractivity contribution in [1.29, 1.82) is 0 Å². The van der Waals surface area contributed by atoms with Gasteiger partial charge < -0.3 is 19.7 Å². The van der Waals surface area contributed by atoms with Crippen LogP contribution < -0.4 is 10.2 Å². The fourth-order valence-corrected chi connectivity index (χ4v) is 5.22. The molecule has 5 rings (SSSR count). The van der Waals surface area contributed by atoms with Gasteiger partial charge in [0.15, 0.2) is 11.5 Å². The van der Waals surface area contributed by atoms with Gasteiger partial charge in [-0.1, -0.05) is 12.1 Å². The van der Waals surface area contributed by atoms with E-state index in [0.717, 1.165) is 26.0 Å². The summed E-state index contributed by atoms with van der Waals surface area (Å²) in [5.74, 6) is -4.81. The molecular formula is C25H25F6N5O2. The van der Waals surface area contributed by atoms with E-state index >= 15 is 4.39 Å². The Morgan fingerprint density at radius 3 is 2.50 bits per heavy atom. The molecule has 2 aromatic heterocycles. The second-order valence-electron chi connectivity index (χ2n) is 9.53. The number of anilines is 2. The molecular weight excluding hydrogens is 516 g/mol. The molecule has 2 saturated heterocycles. The minimum atomic E-state index is -4.81. The summed E-state index contributed by atoms with van der Waals surface area (Å²) in [4.78, 5) is 6.21. The van der Waals surface area contributed by atoms with Gasteiger partial charge in [0.1, 0.15) is 17.9 Å². The lowest BCUT2D eigenvalue weighted by atomic mass is 10.00. The van der Waals surface area contributed by atoms with Crippen molar-refractivity contribution in [2.45, 2.75) is 50.0 Å². The van der Waals surface area contributed by atoms with Gasteiger partial charge in [-0.3, -0.25) is 4.98 Å². The lowest BCUT2D eigenvalue weighted by Gasteiger charge is -2.36. The first-order valence-corrected chi connectivity index (χ1v) is 12.0. The Kier molecular flexibility index (Phi) is 6.84. The molecule has 1 N–H and O–H groups in total. The van der Waals surface area contributed by atoms with Gasteiger partial charge in [0, 0.05) is 18.1 Å².